The van der Waals surface area contributed by atoms with E-state index in [1.54, 1.807) is 11.3 Å². The average molecular weight is 236 g/mol. The standard InChI is InChI=1S/C11H16N4S/c1-4-12-5-11-13-10(7-16-11)9-6-15(3)14-8(9)2/h6-7,12H,4-5H2,1-3H3. The summed E-state index contributed by atoms with van der Waals surface area (Å²) in [4.78, 5) is 4.59. The fourth-order valence-electron chi connectivity index (χ4n) is 1.60. The van der Waals surface area contributed by atoms with E-state index in [1.165, 1.54) is 0 Å². The minimum atomic E-state index is 0.848. The average Bonchev–Trinajstić information content (AvgIpc) is 2.82. The second-order valence-electron chi connectivity index (χ2n) is 3.71. The van der Waals surface area contributed by atoms with Gasteiger partial charge >= 0.3 is 0 Å². The van der Waals surface area contributed by atoms with Crippen molar-refractivity contribution in [2.75, 3.05) is 6.54 Å². The van der Waals surface area contributed by atoms with Crippen LogP contribution in [0.5, 0.6) is 0 Å². The lowest BCUT2D eigenvalue weighted by Crippen LogP contribution is -2.11. The third kappa shape index (κ3) is 2.31. The topological polar surface area (TPSA) is 42.7 Å². The van der Waals surface area contributed by atoms with Crippen LogP contribution in [0, 0.1) is 6.92 Å². The van der Waals surface area contributed by atoms with Gasteiger partial charge in [-0.2, -0.15) is 5.10 Å². The number of nitrogens with zero attached hydrogens (tertiary/aromatic N) is 3. The zero-order chi connectivity index (χ0) is 11.5. The summed E-state index contributed by atoms with van der Waals surface area (Å²) in [6, 6.07) is 0. The molecule has 4 nitrogen and oxygen atoms in total. The second kappa shape index (κ2) is 4.76. The lowest BCUT2D eigenvalue weighted by Gasteiger charge is -1.95. The van der Waals surface area contributed by atoms with Gasteiger partial charge in [-0.15, -0.1) is 11.3 Å². The van der Waals surface area contributed by atoms with Crippen LogP contribution in [-0.4, -0.2) is 21.3 Å². The molecule has 5 heteroatoms. The van der Waals surface area contributed by atoms with Gasteiger partial charge in [0, 0.05) is 30.7 Å². The van der Waals surface area contributed by atoms with Gasteiger partial charge in [-0.25, -0.2) is 4.98 Å². The van der Waals surface area contributed by atoms with Crippen LogP contribution in [0.3, 0.4) is 0 Å². The van der Waals surface area contributed by atoms with Crippen molar-refractivity contribution >= 4 is 11.3 Å². The molecule has 0 amide bonds. The quantitative estimate of drug-likeness (QED) is 0.882. The molecule has 0 aromatic carbocycles. The van der Waals surface area contributed by atoms with E-state index < -0.39 is 0 Å². The molecule has 2 aromatic rings. The van der Waals surface area contributed by atoms with Gasteiger partial charge in [0.2, 0.25) is 0 Å². The van der Waals surface area contributed by atoms with Crippen LogP contribution in [0.4, 0.5) is 0 Å². The fourth-order valence-corrected chi connectivity index (χ4v) is 2.36. The summed E-state index contributed by atoms with van der Waals surface area (Å²) in [7, 11) is 1.93. The van der Waals surface area contributed by atoms with Gasteiger partial charge in [-0.05, 0) is 13.5 Å². The van der Waals surface area contributed by atoms with E-state index in [4.69, 9.17) is 0 Å². The largest absolute Gasteiger partial charge is 0.311 e. The number of aryl methyl sites for hydroxylation is 2. The Morgan fingerprint density at radius 1 is 1.50 bits per heavy atom. The maximum absolute atomic E-state index is 4.59. The summed E-state index contributed by atoms with van der Waals surface area (Å²) >= 11 is 1.69. The van der Waals surface area contributed by atoms with Gasteiger partial charge in [0.25, 0.3) is 0 Å². The van der Waals surface area contributed by atoms with Crippen molar-refractivity contribution < 1.29 is 0 Å². The SMILES string of the molecule is CCNCc1nc(-c2cn(C)nc2C)cs1. The van der Waals surface area contributed by atoms with Crippen molar-refractivity contribution in [2.45, 2.75) is 20.4 Å². The normalized spacial score (nSPS) is 10.9. The Balaban J connectivity index is 2.21. The van der Waals surface area contributed by atoms with Crippen LogP contribution in [0.2, 0.25) is 0 Å². The molecule has 0 fully saturated rings. The molecule has 0 saturated carbocycles. The van der Waals surface area contributed by atoms with Gasteiger partial charge in [-0.3, -0.25) is 4.68 Å². The van der Waals surface area contributed by atoms with E-state index >= 15 is 0 Å². The smallest absolute Gasteiger partial charge is 0.107 e. The summed E-state index contributed by atoms with van der Waals surface area (Å²) < 4.78 is 1.83. The summed E-state index contributed by atoms with van der Waals surface area (Å²) in [5, 5.41) is 10.8. The molecule has 0 spiro atoms. The number of aromatic nitrogens is 3. The monoisotopic (exact) mass is 236 g/mol. The van der Waals surface area contributed by atoms with Crippen LogP contribution in [0.25, 0.3) is 11.3 Å². The Morgan fingerprint density at radius 3 is 2.94 bits per heavy atom. The number of hydrogen-bond donors (Lipinski definition) is 1. The van der Waals surface area contributed by atoms with Gasteiger partial charge in [0.1, 0.15) is 5.01 Å². The van der Waals surface area contributed by atoms with E-state index in [-0.39, 0.29) is 0 Å². The van der Waals surface area contributed by atoms with Gasteiger partial charge in [0.15, 0.2) is 0 Å². The van der Waals surface area contributed by atoms with Crippen molar-refractivity contribution in [2.24, 2.45) is 7.05 Å². The van der Waals surface area contributed by atoms with Crippen molar-refractivity contribution in [1.82, 2.24) is 20.1 Å². The molecule has 0 unspecified atom stereocenters. The first-order valence-electron chi connectivity index (χ1n) is 5.36. The number of nitrogens with one attached hydrogen (secondary N) is 1. The summed E-state index contributed by atoms with van der Waals surface area (Å²) in [5.74, 6) is 0. The van der Waals surface area contributed by atoms with E-state index in [2.05, 4.69) is 27.7 Å². The van der Waals surface area contributed by atoms with Crippen LogP contribution in [-0.2, 0) is 13.6 Å². The summed E-state index contributed by atoms with van der Waals surface area (Å²) in [6.07, 6.45) is 2.02. The van der Waals surface area contributed by atoms with E-state index in [1.807, 2.05) is 24.9 Å². The first-order chi connectivity index (χ1) is 7.70. The minimum Gasteiger partial charge on any atom is -0.311 e. The Hall–Kier alpha value is -1.20. The molecule has 2 rings (SSSR count). The molecule has 2 aromatic heterocycles. The molecule has 86 valence electrons. The van der Waals surface area contributed by atoms with E-state index in [9.17, 15) is 0 Å². The predicted molar refractivity (Wildman–Crippen MR) is 66.4 cm³/mol. The van der Waals surface area contributed by atoms with Crippen molar-refractivity contribution in [3.05, 3.63) is 22.3 Å². The minimum absolute atomic E-state index is 0.848. The van der Waals surface area contributed by atoms with Crippen LogP contribution in [0.15, 0.2) is 11.6 Å². The lowest BCUT2D eigenvalue weighted by molar-refractivity contribution is 0.723. The molecular formula is C11H16N4S. The summed E-state index contributed by atoms with van der Waals surface area (Å²) in [6.45, 7) is 5.93. The van der Waals surface area contributed by atoms with Gasteiger partial charge in [0.05, 0.1) is 11.4 Å². The molecular weight excluding hydrogens is 220 g/mol. The van der Waals surface area contributed by atoms with Crippen LogP contribution >= 0.6 is 11.3 Å². The van der Waals surface area contributed by atoms with E-state index in [0.717, 1.165) is 35.0 Å². The first-order valence-corrected chi connectivity index (χ1v) is 6.24. The maximum atomic E-state index is 4.59. The number of rotatable bonds is 4. The molecule has 1 N–H and O–H groups in total. The van der Waals surface area contributed by atoms with Crippen molar-refractivity contribution in [1.29, 1.82) is 0 Å². The Labute approximate surface area is 99.3 Å². The number of hydrogen-bond acceptors (Lipinski definition) is 4. The predicted octanol–water partition coefficient (Wildman–Crippen LogP) is 1.96. The Morgan fingerprint density at radius 2 is 2.31 bits per heavy atom. The molecule has 0 saturated heterocycles. The highest BCUT2D eigenvalue weighted by Gasteiger charge is 2.09. The third-order valence-electron chi connectivity index (χ3n) is 2.37. The summed E-state index contributed by atoms with van der Waals surface area (Å²) in [5.41, 5.74) is 3.19. The molecule has 2 heterocycles. The Bertz CT molecular complexity index is 472. The molecule has 0 radical (unpaired) electrons. The molecule has 0 atom stereocenters. The highest BCUT2D eigenvalue weighted by Crippen LogP contribution is 2.23. The van der Waals surface area contributed by atoms with Gasteiger partial charge in [-0.1, -0.05) is 6.92 Å². The zero-order valence-corrected chi connectivity index (χ0v) is 10.6. The lowest BCUT2D eigenvalue weighted by atomic mass is 10.2. The van der Waals surface area contributed by atoms with Crippen molar-refractivity contribution in [3.63, 3.8) is 0 Å². The maximum Gasteiger partial charge on any atom is 0.107 e. The second-order valence-corrected chi connectivity index (χ2v) is 4.65. The van der Waals surface area contributed by atoms with E-state index in [0.29, 0.717) is 0 Å². The van der Waals surface area contributed by atoms with Crippen LogP contribution < -0.4 is 5.32 Å². The molecule has 16 heavy (non-hydrogen) atoms. The number of thiazole rings is 1. The molecule has 0 aliphatic carbocycles. The highest BCUT2D eigenvalue weighted by molar-refractivity contribution is 7.09. The molecule has 0 aliphatic heterocycles. The van der Waals surface area contributed by atoms with Crippen LogP contribution in [0.1, 0.15) is 17.6 Å². The molecule has 0 aliphatic rings. The Kier molecular flexibility index (Phi) is 3.36. The highest BCUT2D eigenvalue weighted by atomic mass is 32.1. The van der Waals surface area contributed by atoms with Crippen molar-refractivity contribution in [3.8, 4) is 11.3 Å². The first kappa shape index (κ1) is 11.3. The van der Waals surface area contributed by atoms with Gasteiger partial charge < -0.3 is 5.32 Å². The third-order valence-corrected chi connectivity index (χ3v) is 3.22. The fraction of sp³-hybridized carbons (Fsp3) is 0.455. The zero-order valence-electron chi connectivity index (χ0n) is 9.82. The molecule has 0 bridgehead atoms.